The normalized spacial score (nSPS) is 15.3. The fourth-order valence-corrected chi connectivity index (χ4v) is 3.88. The molecule has 0 aliphatic carbocycles. The molecule has 3 rings (SSSR count). The fourth-order valence-electron chi connectivity index (χ4n) is 2.34. The van der Waals surface area contributed by atoms with Crippen LogP contribution in [0.1, 0.15) is 11.1 Å². The zero-order chi connectivity index (χ0) is 19.4. The largest absolute Gasteiger partial charge is 0.488 e. The number of amides is 2. The summed E-state index contributed by atoms with van der Waals surface area (Å²) >= 11 is 3.01. The highest BCUT2D eigenvalue weighted by atomic mass is 127. The number of ether oxygens (including phenoxy) is 1. The van der Waals surface area contributed by atoms with Crippen LogP contribution >= 0.6 is 34.4 Å². The molecule has 0 N–H and O–H groups in total. The smallest absolute Gasteiger partial charge is 0.294 e. The van der Waals surface area contributed by atoms with Gasteiger partial charge in [0.05, 0.1) is 15.0 Å². The van der Waals surface area contributed by atoms with Crippen LogP contribution in [0.2, 0.25) is 0 Å². The van der Waals surface area contributed by atoms with Crippen molar-refractivity contribution in [1.29, 1.82) is 0 Å². The number of rotatable bonds is 5. The van der Waals surface area contributed by atoms with Crippen LogP contribution in [0.5, 0.6) is 5.75 Å². The quantitative estimate of drug-likeness (QED) is 0.345. The van der Waals surface area contributed by atoms with Gasteiger partial charge in [0.1, 0.15) is 18.2 Å². The summed E-state index contributed by atoms with van der Waals surface area (Å²) < 4.78 is 19.6. The molecule has 0 atom stereocenters. The maximum atomic E-state index is 12.9. The Kier molecular flexibility index (Phi) is 6.19. The lowest BCUT2D eigenvalue weighted by atomic mass is 10.2. The number of benzene rings is 2. The summed E-state index contributed by atoms with van der Waals surface area (Å²) in [6.07, 6.45) is 6.85. The van der Waals surface area contributed by atoms with E-state index in [-0.39, 0.29) is 23.5 Å². The number of thioether (sulfide) groups is 1. The average Bonchev–Trinajstić information content (AvgIpc) is 2.90. The first-order valence-corrected chi connectivity index (χ1v) is 9.73. The second-order valence-electron chi connectivity index (χ2n) is 5.58. The Bertz CT molecular complexity index is 966. The van der Waals surface area contributed by atoms with E-state index in [9.17, 15) is 14.0 Å². The Morgan fingerprint density at radius 3 is 2.63 bits per heavy atom. The Hall–Kier alpha value is -2.31. The first-order valence-electron chi connectivity index (χ1n) is 7.83. The van der Waals surface area contributed by atoms with Gasteiger partial charge in [-0.2, -0.15) is 0 Å². The molecule has 0 saturated carbocycles. The van der Waals surface area contributed by atoms with Crippen molar-refractivity contribution in [1.82, 2.24) is 4.90 Å². The second kappa shape index (κ2) is 8.59. The number of imide groups is 1. The van der Waals surface area contributed by atoms with Crippen LogP contribution in [-0.2, 0) is 11.4 Å². The molecule has 0 spiro atoms. The highest BCUT2D eigenvalue weighted by Crippen LogP contribution is 2.33. The second-order valence-corrected chi connectivity index (χ2v) is 7.73. The van der Waals surface area contributed by atoms with E-state index in [1.54, 1.807) is 30.3 Å². The molecule has 7 heteroatoms. The minimum atomic E-state index is -0.380. The predicted octanol–water partition coefficient (Wildman–Crippen LogP) is 4.68. The van der Waals surface area contributed by atoms with Gasteiger partial charge in [-0.1, -0.05) is 24.1 Å². The van der Waals surface area contributed by atoms with Crippen molar-refractivity contribution in [2.24, 2.45) is 0 Å². The molecule has 1 fully saturated rings. The van der Waals surface area contributed by atoms with Crippen LogP contribution in [0.15, 0.2) is 47.4 Å². The zero-order valence-electron chi connectivity index (χ0n) is 13.9. The minimum absolute atomic E-state index is 0.0320. The molecule has 4 nitrogen and oxygen atoms in total. The molecule has 27 heavy (non-hydrogen) atoms. The van der Waals surface area contributed by atoms with E-state index in [4.69, 9.17) is 11.2 Å². The van der Waals surface area contributed by atoms with Crippen LogP contribution in [0.4, 0.5) is 9.18 Å². The average molecular weight is 493 g/mol. The molecule has 136 valence electrons. The fraction of sp³-hybridized carbons (Fsp3) is 0.100. The van der Waals surface area contributed by atoms with E-state index in [0.717, 1.165) is 31.4 Å². The van der Waals surface area contributed by atoms with Crippen molar-refractivity contribution in [2.45, 2.75) is 6.61 Å². The van der Waals surface area contributed by atoms with Crippen LogP contribution in [0.3, 0.4) is 0 Å². The van der Waals surface area contributed by atoms with Gasteiger partial charge in [-0.25, -0.2) is 4.39 Å². The molecule has 1 aliphatic rings. The molecule has 2 aromatic rings. The van der Waals surface area contributed by atoms with Crippen LogP contribution < -0.4 is 4.74 Å². The van der Waals surface area contributed by atoms with Gasteiger partial charge in [-0.05, 0) is 75.8 Å². The van der Waals surface area contributed by atoms with Gasteiger partial charge in [-0.3, -0.25) is 14.5 Å². The van der Waals surface area contributed by atoms with E-state index >= 15 is 0 Å². The van der Waals surface area contributed by atoms with Gasteiger partial charge >= 0.3 is 0 Å². The van der Waals surface area contributed by atoms with E-state index < -0.39 is 0 Å². The van der Waals surface area contributed by atoms with Gasteiger partial charge in [0.15, 0.2) is 0 Å². The standard InChI is InChI=1S/C20H13FINO3S/c1-2-9-23-19(24)18(27-20(23)25)11-14-5-8-17(16(22)10-14)26-12-13-3-6-15(21)7-4-13/h1,3-8,10-11H,9,12H2/b18-11+. The number of terminal acetylenes is 1. The maximum Gasteiger partial charge on any atom is 0.294 e. The van der Waals surface area contributed by atoms with Gasteiger partial charge < -0.3 is 4.74 Å². The summed E-state index contributed by atoms with van der Waals surface area (Å²) in [5.41, 5.74) is 1.64. The molecule has 0 unspecified atom stereocenters. The van der Waals surface area contributed by atoms with E-state index in [1.807, 2.05) is 6.07 Å². The molecule has 1 saturated heterocycles. The lowest BCUT2D eigenvalue weighted by Gasteiger charge is -2.09. The monoisotopic (exact) mass is 493 g/mol. The van der Waals surface area contributed by atoms with E-state index in [1.165, 1.54) is 12.1 Å². The number of hydrogen-bond acceptors (Lipinski definition) is 4. The summed E-state index contributed by atoms with van der Waals surface area (Å²) in [6.45, 7) is 0.288. The number of carbonyl (C=O) groups is 2. The molecule has 0 bridgehead atoms. The summed E-state index contributed by atoms with van der Waals surface area (Å²) in [5, 5.41) is -0.363. The number of carbonyl (C=O) groups excluding carboxylic acids is 2. The SMILES string of the molecule is C#CCN1C(=O)S/C(=C/c2ccc(OCc3ccc(F)cc3)c(I)c2)C1=O. The molecule has 2 aromatic carbocycles. The topological polar surface area (TPSA) is 46.6 Å². The third-order valence-electron chi connectivity index (χ3n) is 3.68. The summed E-state index contributed by atoms with van der Waals surface area (Å²) in [4.78, 5) is 25.4. The Labute approximate surface area is 173 Å². The van der Waals surface area contributed by atoms with Gasteiger partial charge in [0, 0.05) is 0 Å². The van der Waals surface area contributed by atoms with Crippen molar-refractivity contribution in [3.8, 4) is 18.1 Å². The van der Waals surface area contributed by atoms with Crippen LogP contribution in [0.25, 0.3) is 6.08 Å². The highest BCUT2D eigenvalue weighted by molar-refractivity contribution is 14.1. The number of halogens is 2. The molecular formula is C20H13FINO3S. The number of hydrogen-bond donors (Lipinski definition) is 0. The summed E-state index contributed by atoms with van der Waals surface area (Å²) in [6, 6.07) is 11.6. The van der Waals surface area contributed by atoms with Gasteiger partial charge in [-0.15, -0.1) is 6.42 Å². The van der Waals surface area contributed by atoms with Gasteiger partial charge in [0.2, 0.25) is 0 Å². The lowest BCUT2D eigenvalue weighted by Crippen LogP contribution is -2.28. The molecule has 0 aromatic heterocycles. The van der Waals surface area contributed by atoms with Crippen LogP contribution in [0, 0.1) is 21.7 Å². The molecule has 0 radical (unpaired) electrons. The molecule has 2 amide bonds. The zero-order valence-corrected chi connectivity index (χ0v) is 16.9. The third-order valence-corrected chi connectivity index (χ3v) is 5.43. The van der Waals surface area contributed by atoms with Crippen molar-refractivity contribution in [3.05, 3.63) is 67.9 Å². The third kappa shape index (κ3) is 4.70. The van der Waals surface area contributed by atoms with E-state index in [0.29, 0.717) is 17.3 Å². The Balaban J connectivity index is 1.71. The lowest BCUT2D eigenvalue weighted by molar-refractivity contribution is -0.122. The molecule has 1 aliphatic heterocycles. The molecular weight excluding hydrogens is 480 g/mol. The first kappa shape index (κ1) is 19.5. The number of nitrogens with zero attached hydrogens (tertiary/aromatic N) is 1. The Morgan fingerprint density at radius 1 is 1.22 bits per heavy atom. The van der Waals surface area contributed by atoms with E-state index in [2.05, 4.69) is 28.5 Å². The first-order chi connectivity index (χ1) is 13.0. The summed E-state index contributed by atoms with van der Waals surface area (Å²) in [7, 11) is 0. The Morgan fingerprint density at radius 2 is 1.96 bits per heavy atom. The van der Waals surface area contributed by atoms with Gasteiger partial charge in [0.25, 0.3) is 11.1 Å². The van der Waals surface area contributed by atoms with Crippen molar-refractivity contribution < 1.29 is 18.7 Å². The van der Waals surface area contributed by atoms with Crippen molar-refractivity contribution in [3.63, 3.8) is 0 Å². The maximum absolute atomic E-state index is 12.9. The van der Waals surface area contributed by atoms with Crippen molar-refractivity contribution >= 4 is 51.6 Å². The highest BCUT2D eigenvalue weighted by Gasteiger charge is 2.34. The predicted molar refractivity (Wildman–Crippen MR) is 111 cm³/mol. The summed E-state index contributed by atoms with van der Waals surface area (Å²) in [5.74, 6) is 2.32. The van der Waals surface area contributed by atoms with Crippen LogP contribution in [-0.4, -0.2) is 22.6 Å². The minimum Gasteiger partial charge on any atom is -0.488 e. The van der Waals surface area contributed by atoms with Crippen molar-refractivity contribution in [2.75, 3.05) is 6.54 Å². The molecule has 1 heterocycles.